The number of hydrogen-bond donors (Lipinski definition) is 0. The highest BCUT2D eigenvalue weighted by atomic mass is 15.5. The summed E-state index contributed by atoms with van der Waals surface area (Å²) >= 11 is 0. The van der Waals surface area contributed by atoms with Crippen LogP contribution in [0.1, 0.15) is 11.1 Å². The van der Waals surface area contributed by atoms with Crippen LogP contribution in [0.4, 0.5) is 39.8 Å². The van der Waals surface area contributed by atoms with Crippen molar-refractivity contribution in [2.24, 2.45) is 10.2 Å². The number of hydrazone groups is 2. The summed E-state index contributed by atoms with van der Waals surface area (Å²) in [6, 6.07) is 77.1. The summed E-state index contributed by atoms with van der Waals surface area (Å²) in [6.07, 6.45) is 11.8. The summed E-state index contributed by atoms with van der Waals surface area (Å²) in [5.41, 5.74) is 11.6. The molecule has 0 aliphatic rings. The van der Waals surface area contributed by atoms with Crippen molar-refractivity contribution >= 4 is 64.4 Å². The number of rotatable bonds is 14. The molecule has 0 amide bonds. The first-order chi connectivity index (χ1) is 29.3. The average molecular weight is 762 g/mol. The second-order valence-electron chi connectivity index (χ2n) is 13.6. The van der Waals surface area contributed by atoms with Gasteiger partial charge in [0.2, 0.25) is 0 Å². The lowest BCUT2D eigenvalue weighted by Gasteiger charge is -2.28. The van der Waals surface area contributed by atoms with E-state index in [0.717, 1.165) is 62.1 Å². The molecular weight excluding hydrogens is 719 g/mol. The monoisotopic (exact) mass is 761 g/mol. The van der Waals surface area contributed by atoms with Gasteiger partial charge in [0, 0.05) is 29.4 Å². The van der Waals surface area contributed by atoms with E-state index < -0.39 is 0 Å². The van der Waals surface area contributed by atoms with Gasteiger partial charge in [-0.25, -0.2) is 10.0 Å². The van der Waals surface area contributed by atoms with Gasteiger partial charge in [-0.05, 0) is 108 Å². The molecule has 0 unspecified atom stereocenters. The van der Waals surface area contributed by atoms with Crippen LogP contribution in [0.3, 0.4) is 0 Å². The van der Waals surface area contributed by atoms with Crippen LogP contribution in [0, 0.1) is 0 Å². The Bertz CT molecular complexity index is 2400. The van der Waals surface area contributed by atoms with Crippen LogP contribution in [0.15, 0.2) is 247 Å². The molecule has 0 N–H and O–H groups in total. The molecule has 0 atom stereocenters. The van der Waals surface area contributed by atoms with Gasteiger partial charge in [-0.15, -0.1) is 0 Å². The Hall–Kier alpha value is -8.02. The van der Waals surface area contributed by atoms with Crippen molar-refractivity contribution in [2.45, 2.75) is 0 Å². The van der Waals surface area contributed by atoms with Crippen molar-refractivity contribution in [3.63, 3.8) is 0 Å². The quantitative estimate of drug-likeness (QED) is 0.0817. The van der Waals surface area contributed by atoms with Crippen LogP contribution in [0.5, 0.6) is 0 Å². The molecule has 5 nitrogen and oxygen atoms in total. The van der Waals surface area contributed by atoms with E-state index in [1.165, 1.54) is 0 Å². The molecule has 8 aromatic rings. The first-order valence-corrected chi connectivity index (χ1v) is 19.7. The van der Waals surface area contributed by atoms with E-state index in [-0.39, 0.29) is 0 Å². The van der Waals surface area contributed by atoms with E-state index >= 15 is 0 Å². The molecule has 0 aliphatic carbocycles. The van der Waals surface area contributed by atoms with Gasteiger partial charge in [0.05, 0.1) is 28.4 Å². The third-order valence-corrected chi connectivity index (χ3v) is 9.65. The standard InChI is InChI=1S/C54H43N5/c1-6-22-46(23-7-1)53-32-16-17-33-54(53)57(47-38-34-44(35-39-47)20-18-42-55-58(49-24-8-2-9-25-49)50-26-10-3-11-27-50)48-40-36-45(37-41-48)21-19-43-56-59(51-28-12-4-13-29-51)52-30-14-5-15-31-52/h1-43H. The maximum Gasteiger partial charge on any atom is 0.0652 e. The molecule has 59 heavy (non-hydrogen) atoms. The first-order valence-electron chi connectivity index (χ1n) is 19.7. The van der Waals surface area contributed by atoms with Gasteiger partial charge < -0.3 is 4.90 Å². The second kappa shape index (κ2) is 19.2. The van der Waals surface area contributed by atoms with E-state index in [2.05, 4.69) is 169 Å². The van der Waals surface area contributed by atoms with Gasteiger partial charge in [-0.1, -0.05) is 158 Å². The topological polar surface area (TPSA) is 34.4 Å². The zero-order valence-electron chi connectivity index (χ0n) is 32.6. The van der Waals surface area contributed by atoms with E-state index in [4.69, 9.17) is 10.2 Å². The number of benzene rings is 8. The Morgan fingerprint density at radius 1 is 0.305 bits per heavy atom. The van der Waals surface area contributed by atoms with Crippen molar-refractivity contribution < 1.29 is 0 Å². The van der Waals surface area contributed by atoms with E-state index in [1.54, 1.807) is 0 Å². The number of nitrogens with zero attached hydrogens (tertiary/aromatic N) is 5. The van der Waals surface area contributed by atoms with Gasteiger partial charge >= 0.3 is 0 Å². The smallest absolute Gasteiger partial charge is 0.0652 e. The summed E-state index contributed by atoms with van der Waals surface area (Å²) in [5.74, 6) is 0. The zero-order valence-corrected chi connectivity index (χ0v) is 32.6. The minimum Gasteiger partial charge on any atom is -0.310 e. The van der Waals surface area contributed by atoms with Crippen molar-refractivity contribution in [3.05, 3.63) is 248 Å². The third-order valence-electron chi connectivity index (χ3n) is 9.65. The van der Waals surface area contributed by atoms with Gasteiger partial charge in [0.25, 0.3) is 0 Å². The van der Waals surface area contributed by atoms with E-state index in [1.807, 2.05) is 107 Å². The van der Waals surface area contributed by atoms with Gasteiger partial charge in [0.1, 0.15) is 0 Å². The Morgan fingerprint density at radius 2 is 0.644 bits per heavy atom. The molecule has 0 fully saturated rings. The fourth-order valence-corrected chi connectivity index (χ4v) is 6.79. The number of anilines is 7. The summed E-state index contributed by atoms with van der Waals surface area (Å²) < 4.78 is 0. The molecule has 8 rings (SSSR count). The molecule has 8 aromatic carbocycles. The molecule has 0 aromatic heterocycles. The molecular formula is C54H43N5. The highest BCUT2D eigenvalue weighted by molar-refractivity contribution is 5.89. The fourth-order valence-electron chi connectivity index (χ4n) is 6.79. The predicted octanol–water partition coefficient (Wildman–Crippen LogP) is 14.5. The lowest BCUT2D eigenvalue weighted by Crippen LogP contribution is -2.11. The SMILES string of the molecule is C(=Cc1ccc(N(c2ccc(C=CC=NN(c3ccccc3)c3ccccc3)cc2)c2ccccc2-c2ccccc2)cc1)C=NN(c1ccccc1)c1ccccc1. The first kappa shape index (κ1) is 37.9. The molecule has 284 valence electrons. The summed E-state index contributed by atoms with van der Waals surface area (Å²) in [6.45, 7) is 0. The maximum atomic E-state index is 4.81. The zero-order chi connectivity index (χ0) is 39.9. The Balaban J connectivity index is 1.05. The molecule has 0 bridgehead atoms. The molecule has 0 aliphatic heterocycles. The normalized spacial score (nSPS) is 11.5. The lowest BCUT2D eigenvalue weighted by atomic mass is 10.0. The van der Waals surface area contributed by atoms with Crippen LogP contribution in [-0.4, -0.2) is 12.4 Å². The van der Waals surface area contributed by atoms with Crippen LogP contribution in [0.25, 0.3) is 23.3 Å². The lowest BCUT2D eigenvalue weighted by molar-refractivity contribution is 1.09. The molecule has 0 radical (unpaired) electrons. The summed E-state index contributed by atoms with van der Waals surface area (Å²) in [7, 11) is 0. The van der Waals surface area contributed by atoms with Gasteiger partial charge in [-0.3, -0.25) is 0 Å². The molecule has 0 saturated heterocycles. The molecule has 0 spiro atoms. The Labute approximate surface area is 347 Å². The van der Waals surface area contributed by atoms with Crippen LogP contribution in [-0.2, 0) is 0 Å². The number of hydrogen-bond acceptors (Lipinski definition) is 5. The maximum absolute atomic E-state index is 4.81. The number of para-hydroxylation sites is 5. The van der Waals surface area contributed by atoms with Crippen molar-refractivity contribution in [2.75, 3.05) is 14.9 Å². The largest absolute Gasteiger partial charge is 0.310 e. The Morgan fingerprint density at radius 3 is 1.03 bits per heavy atom. The van der Waals surface area contributed by atoms with E-state index in [9.17, 15) is 0 Å². The minimum atomic E-state index is 0.996. The fraction of sp³-hybridized carbons (Fsp3) is 0. The van der Waals surface area contributed by atoms with Crippen molar-refractivity contribution in [1.82, 2.24) is 0 Å². The van der Waals surface area contributed by atoms with Crippen LogP contribution >= 0.6 is 0 Å². The second-order valence-corrected chi connectivity index (χ2v) is 13.6. The van der Waals surface area contributed by atoms with Crippen LogP contribution in [0.2, 0.25) is 0 Å². The summed E-state index contributed by atoms with van der Waals surface area (Å²) in [5, 5.41) is 13.5. The highest BCUT2D eigenvalue weighted by Gasteiger charge is 2.17. The van der Waals surface area contributed by atoms with E-state index in [0.29, 0.717) is 0 Å². The molecule has 0 heterocycles. The van der Waals surface area contributed by atoms with Gasteiger partial charge in [-0.2, -0.15) is 10.2 Å². The molecule has 5 heteroatoms. The van der Waals surface area contributed by atoms with Crippen LogP contribution < -0.4 is 14.9 Å². The van der Waals surface area contributed by atoms with Crippen molar-refractivity contribution in [3.8, 4) is 11.1 Å². The average Bonchev–Trinajstić information content (AvgIpc) is 3.31. The minimum absolute atomic E-state index is 0.996. The third kappa shape index (κ3) is 9.69. The summed E-state index contributed by atoms with van der Waals surface area (Å²) in [4.78, 5) is 2.32. The number of allylic oxidation sites excluding steroid dienone is 2. The Kier molecular flexibility index (Phi) is 12.3. The van der Waals surface area contributed by atoms with Gasteiger partial charge in [0.15, 0.2) is 0 Å². The molecule has 0 saturated carbocycles. The van der Waals surface area contributed by atoms with Crippen molar-refractivity contribution in [1.29, 1.82) is 0 Å². The highest BCUT2D eigenvalue weighted by Crippen LogP contribution is 2.41. The predicted molar refractivity (Wildman–Crippen MR) is 252 cm³/mol.